The first-order valence-corrected chi connectivity index (χ1v) is 6.47. The van der Waals surface area contributed by atoms with Gasteiger partial charge >= 0.3 is 0 Å². The molecule has 0 amide bonds. The van der Waals surface area contributed by atoms with Gasteiger partial charge in [-0.15, -0.1) is 11.3 Å². The van der Waals surface area contributed by atoms with Crippen LogP contribution >= 0.6 is 11.3 Å². The third-order valence-corrected chi connectivity index (χ3v) is 3.96. The minimum atomic E-state index is 1.02. The van der Waals surface area contributed by atoms with Gasteiger partial charge in [-0.3, -0.25) is 0 Å². The van der Waals surface area contributed by atoms with Crippen LogP contribution in [0, 0.1) is 13.8 Å². The van der Waals surface area contributed by atoms with Crippen LogP contribution in [-0.2, 0) is 0 Å². The van der Waals surface area contributed by atoms with E-state index in [9.17, 15) is 0 Å². The Balaban J connectivity index is 1.73. The van der Waals surface area contributed by atoms with E-state index in [0.29, 0.717) is 0 Å². The second-order valence-electron chi connectivity index (χ2n) is 4.14. The van der Waals surface area contributed by atoms with Crippen molar-refractivity contribution in [2.24, 2.45) is 0 Å². The molecular formula is C11H19N3S. The molecule has 0 unspecified atom stereocenters. The molecule has 0 atom stereocenters. The molecule has 0 aliphatic carbocycles. The minimum absolute atomic E-state index is 1.02. The summed E-state index contributed by atoms with van der Waals surface area (Å²) in [6.07, 6.45) is 2.74. The Kier molecular flexibility index (Phi) is 3.59. The highest BCUT2D eigenvalue weighted by Crippen LogP contribution is 2.20. The molecule has 3 nitrogen and oxygen atoms in total. The zero-order valence-electron chi connectivity index (χ0n) is 9.55. The number of nitrogens with zero attached hydrogens (tertiary/aromatic N) is 2. The zero-order valence-corrected chi connectivity index (χ0v) is 10.4. The Morgan fingerprint density at radius 1 is 1.33 bits per heavy atom. The molecule has 4 heteroatoms. The maximum absolute atomic E-state index is 4.46. The average Bonchev–Trinajstić information content (AvgIpc) is 2.79. The van der Waals surface area contributed by atoms with Crippen LogP contribution in [0.4, 0.5) is 5.13 Å². The van der Waals surface area contributed by atoms with Crippen LogP contribution in [0.1, 0.15) is 23.4 Å². The standard InChI is InChI=1S/C11H19N3S/c1-9-10(2)15-11(13-9)12-5-8-14-6-3-4-7-14/h3-8H2,1-2H3,(H,12,13). The Bertz CT molecular complexity index is 296. The SMILES string of the molecule is Cc1nc(NCCN2CCCC2)sc1C. The molecule has 15 heavy (non-hydrogen) atoms. The highest BCUT2D eigenvalue weighted by molar-refractivity contribution is 7.15. The fourth-order valence-corrected chi connectivity index (χ4v) is 2.72. The number of aryl methyl sites for hydroxylation is 2. The van der Waals surface area contributed by atoms with Crippen molar-refractivity contribution in [1.29, 1.82) is 0 Å². The van der Waals surface area contributed by atoms with Crippen molar-refractivity contribution in [3.8, 4) is 0 Å². The molecule has 2 rings (SSSR count). The monoisotopic (exact) mass is 225 g/mol. The third-order valence-electron chi connectivity index (χ3n) is 2.93. The predicted molar refractivity (Wildman–Crippen MR) is 65.8 cm³/mol. The van der Waals surface area contributed by atoms with Gasteiger partial charge in [0.1, 0.15) is 0 Å². The number of thiazole rings is 1. The van der Waals surface area contributed by atoms with Gasteiger partial charge < -0.3 is 10.2 Å². The summed E-state index contributed by atoms with van der Waals surface area (Å²) >= 11 is 1.76. The summed E-state index contributed by atoms with van der Waals surface area (Å²) in [6, 6.07) is 0. The number of hydrogen-bond donors (Lipinski definition) is 1. The molecule has 0 bridgehead atoms. The van der Waals surface area contributed by atoms with Crippen LogP contribution in [0.3, 0.4) is 0 Å². The lowest BCUT2D eigenvalue weighted by atomic mass is 10.4. The fourth-order valence-electron chi connectivity index (χ4n) is 1.88. The van der Waals surface area contributed by atoms with Gasteiger partial charge in [-0.1, -0.05) is 0 Å². The summed E-state index contributed by atoms with van der Waals surface area (Å²) in [5.74, 6) is 0. The molecule has 1 aromatic heterocycles. The van der Waals surface area contributed by atoms with Gasteiger partial charge in [0.2, 0.25) is 0 Å². The molecule has 1 aromatic rings. The van der Waals surface area contributed by atoms with Crippen LogP contribution in [0.2, 0.25) is 0 Å². The van der Waals surface area contributed by atoms with E-state index < -0.39 is 0 Å². The Labute approximate surface area is 95.5 Å². The molecule has 1 N–H and O–H groups in total. The Morgan fingerprint density at radius 2 is 2.07 bits per heavy atom. The predicted octanol–water partition coefficient (Wildman–Crippen LogP) is 2.27. The molecule has 2 heterocycles. The maximum atomic E-state index is 4.46. The maximum Gasteiger partial charge on any atom is 0.183 e. The summed E-state index contributed by atoms with van der Waals surface area (Å²) in [5.41, 5.74) is 1.16. The lowest BCUT2D eigenvalue weighted by Gasteiger charge is -2.14. The van der Waals surface area contributed by atoms with Crippen LogP contribution < -0.4 is 5.32 Å². The Hall–Kier alpha value is -0.610. The summed E-state index contributed by atoms with van der Waals surface area (Å²) in [7, 11) is 0. The molecule has 1 aliphatic rings. The van der Waals surface area contributed by atoms with E-state index in [1.54, 1.807) is 11.3 Å². The van der Waals surface area contributed by atoms with E-state index >= 15 is 0 Å². The molecule has 0 spiro atoms. The first-order valence-electron chi connectivity index (χ1n) is 5.66. The van der Waals surface area contributed by atoms with Gasteiger partial charge in [0.25, 0.3) is 0 Å². The summed E-state index contributed by atoms with van der Waals surface area (Å²) in [4.78, 5) is 8.30. The van der Waals surface area contributed by atoms with Crippen molar-refractivity contribution in [1.82, 2.24) is 9.88 Å². The molecule has 1 fully saturated rings. The topological polar surface area (TPSA) is 28.2 Å². The van der Waals surface area contributed by atoms with Gasteiger partial charge in [-0.25, -0.2) is 4.98 Å². The van der Waals surface area contributed by atoms with Crippen molar-refractivity contribution in [3.63, 3.8) is 0 Å². The van der Waals surface area contributed by atoms with E-state index in [-0.39, 0.29) is 0 Å². The molecular weight excluding hydrogens is 206 g/mol. The first-order chi connectivity index (χ1) is 7.25. The van der Waals surface area contributed by atoms with Crippen LogP contribution in [0.5, 0.6) is 0 Å². The minimum Gasteiger partial charge on any atom is -0.360 e. The average molecular weight is 225 g/mol. The van der Waals surface area contributed by atoms with E-state index in [0.717, 1.165) is 23.9 Å². The van der Waals surface area contributed by atoms with E-state index in [1.807, 2.05) is 0 Å². The lowest BCUT2D eigenvalue weighted by molar-refractivity contribution is 0.352. The van der Waals surface area contributed by atoms with Crippen molar-refractivity contribution in [2.75, 3.05) is 31.5 Å². The second kappa shape index (κ2) is 4.94. The smallest absolute Gasteiger partial charge is 0.183 e. The lowest BCUT2D eigenvalue weighted by Crippen LogP contribution is -2.25. The molecule has 0 radical (unpaired) electrons. The fraction of sp³-hybridized carbons (Fsp3) is 0.727. The van der Waals surface area contributed by atoms with Crippen molar-refractivity contribution < 1.29 is 0 Å². The van der Waals surface area contributed by atoms with Crippen molar-refractivity contribution in [3.05, 3.63) is 10.6 Å². The molecule has 1 aliphatic heterocycles. The van der Waals surface area contributed by atoms with Crippen LogP contribution in [0.25, 0.3) is 0 Å². The zero-order chi connectivity index (χ0) is 10.7. The largest absolute Gasteiger partial charge is 0.360 e. The number of rotatable bonds is 4. The van der Waals surface area contributed by atoms with Crippen LogP contribution in [0.15, 0.2) is 0 Å². The number of hydrogen-bond acceptors (Lipinski definition) is 4. The quantitative estimate of drug-likeness (QED) is 0.852. The third kappa shape index (κ3) is 2.92. The first kappa shape index (κ1) is 10.9. The number of aromatic nitrogens is 1. The highest BCUT2D eigenvalue weighted by atomic mass is 32.1. The number of anilines is 1. The van der Waals surface area contributed by atoms with Gasteiger partial charge in [0.05, 0.1) is 5.69 Å². The highest BCUT2D eigenvalue weighted by Gasteiger charge is 2.10. The van der Waals surface area contributed by atoms with E-state index in [2.05, 4.69) is 29.0 Å². The van der Waals surface area contributed by atoms with Gasteiger partial charge in [0.15, 0.2) is 5.13 Å². The Morgan fingerprint density at radius 3 is 2.67 bits per heavy atom. The van der Waals surface area contributed by atoms with Gasteiger partial charge in [-0.05, 0) is 39.8 Å². The van der Waals surface area contributed by atoms with Crippen molar-refractivity contribution in [2.45, 2.75) is 26.7 Å². The normalized spacial score (nSPS) is 17.2. The summed E-state index contributed by atoms with van der Waals surface area (Å²) in [6.45, 7) is 8.91. The number of likely N-dealkylation sites (tertiary alicyclic amines) is 1. The van der Waals surface area contributed by atoms with E-state index in [1.165, 1.54) is 30.8 Å². The van der Waals surface area contributed by atoms with E-state index in [4.69, 9.17) is 0 Å². The number of nitrogens with one attached hydrogen (secondary N) is 1. The molecule has 1 saturated heterocycles. The molecule has 0 aromatic carbocycles. The summed E-state index contributed by atoms with van der Waals surface area (Å²) < 4.78 is 0. The van der Waals surface area contributed by atoms with Gasteiger partial charge in [-0.2, -0.15) is 0 Å². The molecule has 84 valence electrons. The van der Waals surface area contributed by atoms with Gasteiger partial charge in [0, 0.05) is 18.0 Å². The van der Waals surface area contributed by atoms with Crippen molar-refractivity contribution >= 4 is 16.5 Å². The van der Waals surface area contributed by atoms with Crippen LogP contribution in [-0.4, -0.2) is 36.1 Å². The molecule has 0 saturated carbocycles. The summed E-state index contributed by atoms with van der Waals surface area (Å²) in [5, 5.41) is 4.47. The second-order valence-corrected chi connectivity index (χ2v) is 5.34.